The molecule has 0 amide bonds. The third-order valence-electron chi connectivity index (χ3n) is 5.36. The molecule has 2 aliphatic rings. The van der Waals surface area contributed by atoms with Crippen LogP contribution in [0, 0.1) is 5.92 Å². The number of para-hydroxylation sites is 2. The zero-order valence-corrected chi connectivity index (χ0v) is 15.6. The van der Waals surface area contributed by atoms with E-state index in [1.54, 1.807) is 7.11 Å². The van der Waals surface area contributed by atoms with E-state index >= 15 is 0 Å². The molecule has 2 aliphatic heterocycles. The van der Waals surface area contributed by atoms with Crippen LogP contribution in [0.15, 0.2) is 24.3 Å². The van der Waals surface area contributed by atoms with Crippen molar-refractivity contribution in [2.75, 3.05) is 57.8 Å². The van der Waals surface area contributed by atoms with Crippen LogP contribution in [0.2, 0.25) is 0 Å². The minimum absolute atomic E-state index is 0.748. The molecule has 0 N–H and O–H groups in total. The van der Waals surface area contributed by atoms with E-state index in [1.807, 2.05) is 6.07 Å². The number of rotatable bonds is 5. The van der Waals surface area contributed by atoms with Crippen LogP contribution in [0.5, 0.6) is 5.75 Å². The number of piperidine rings is 1. The molecule has 0 spiro atoms. The first-order valence-corrected chi connectivity index (χ1v) is 9.51. The molecule has 2 fully saturated rings. The predicted molar refractivity (Wildman–Crippen MR) is 101 cm³/mol. The van der Waals surface area contributed by atoms with Crippen LogP contribution in [0.25, 0.3) is 0 Å². The molecule has 0 unspecified atom stereocenters. The first-order valence-electron chi connectivity index (χ1n) is 9.51. The van der Waals surface area contributed by atoms with E-state index in [-0.39, 0.29) is 0 Å². The van der Waals surface area contributed by atoms with Gasteiger partial charge in [0.15, 0.2) is 0 Å². The average Bonchev–Trinajstić information content (AvgIpc) is 2.61. The molecule has 0 bridgehead atoms. The van der Waals surface area contributed by atoms with Crippen LogP contribution in [0.1, 0.15) is 26.7 Å². The molecular formula is C20H33N3O. The second-order valence-corrected chi connectivity index (χ2v) is 7.64. The number of benzene rings is 1. The van der Waals surface area contributed by atoms with E-state index in [4.69, 9.17) is 4.74 Å². The van der Waals surface area contributed by atoms with Gasteiger partial charge >= 0.3 is 0 Å². The molecule has 0 saturated carbocycles. The molecule has 1 atom stereocenters. The van der Waals surface area contributed by atoms with Crippen molar-refractivity contribution in [1.29, 1.82) is 0 Å². The van der Waals surface area contributed by atoms with Gasteiger partial charge in [0.05, 0.1) is 12.8 Å². The van der Waals surface area contributed by atoms with E-state index in [0.717, 1.165) is 43.9 Å². The molecular weight excluding hydrogens is 298 g/mol. The fourth-order valence-corrected chi connectivity index (χ4v) is 4.23. The minimum Gasteiger partial charge on any atom is -0.495 e. The van der Waals surface area contributed by atoms with Gasteiger partial charge in [0.25, 0.3) is 0 Å². The molecule has 1 aromatic carbocycles. The number of anilines is 1. The maximum absolute atomic E-state index is 5.53. The van der Waals surface area contributed by atoms with Gasteiger partial charge < -0.3 is 14.5 Å². The summed E-state index contributed by atoms with van der Waals surface area (Å²) in [5.74, 6) is 1.76. The summed E-state index contributed by atoms with van der Waals surface area (Å²) in [7, 11) is 1.76. The Morgan fingerprint density at radius 1 is 1.08 bits per heavy atom. The van der Waals surface area contributed by atoms with Gasteiger partial charge in [0.2, 0.25) is 0 Å². The summed E-state index contributed by atoms with van der Waals surface area (Å²) in [6.07, 6.45) is 2.72. The fourth-order valence-electron chi connectivity index (χ4n) is 4.23. The number of nitrogens with zero attached hydrogens (tertiary/aromatic N) is 3. The second-order valence-electron chi connectivity index (χ2n) is 7.64. The first-order chi connectivity index (χ1) is 11.7. The van der Waals surface area contributed by atoms with Crippen molar-refractivity contribution in [2.24, 2.45) is 5.92 Å². The van der Waals surface area contributed by atoms with Gasteiger partial charge in [-0.2, -0.15) is 0 Å². The number of likely N-dealkylation sites (tertiary alicyclic amines) is 1. The van der Waals surface area contributed by atoms with Crippen LogP contribution in [-0.4, -0.2) is 68.8 Å². The highest BCUT2D eigenvalue weighted by Crippen LogP contribution is 2.29. The minimum atomic E-state index is 0.748. The fraction of sp³-hybridized carbons (Fsp3) is 0.700. The van der Waals surface area contributed by atoms with Gasteiger partial charge in [-0.1, -0.05) is 26.0 Å². The zero-order valence-electron chi connectivity index (χ0n) is 15.6. The Balaban J connectivity index is 1.55. The van der Waals surface area contributed by atoms with Crippen LogP contribution in [-0.2, 0) is 0 Å². The van der Waals surface area contributed by atoms with Gasteiger partial charge in [-0.3, -0.25) is 4.90 Å². The number of methoxy groups -OCH3 is 1. The van der Waals surface area contributed by atoms with Crippen molar-refractivity contribution in [1.82, 2.24) is 9.80 Å². The lowest BCUT2D eigenvalue weighted by molar-refractivity contribution is 0.0862. The van der Waals surface area contributed by atoms with Crippen molar-refractivity contribution in [3.63, 3.8) is 0 Å². The number of piperazine rings is 1. The lowest BCUT2D eigenvalue weighted by atomic mass is 10.0. The SMILES string of the molecule is COc1ccccc1N1CCN([C@@H]2CCCN(CC(C)C)C2)CC1. The molecule has 1 aromatic rings. The molecule has 2 saturated heterocycles. The van der Waals surface area contributed by atoms with Gasteiger partial charge in [0.1, 0.15) is 5.75 Å². The molecule has 0 aliphatic carbocycles. The van der Waals surface area contributed by atoms with Crippen LogP contribution in [0.3, 0.4) is 0 Å². The first kappa shape index (κ1) is 17.6. The molecule has 2 heterocycles. The summed E-state index contributed by atoms with van der Waals surface area (Å²) in [6.45, 7) is 13.0. The summed E-state index contributed by atoms with van der Waals surface area (Å²) >= 11 is 0. The largest absolute Gasteiger partial charge is 0.495 e. The summed E-state index contributed by atoms with van der Waals surface area (Å²) in [5, 5.41) is 0. The molecule has 4 heteroatoms. The Morgan fingerprint density at radius 3 is 2.54 bits per heavy atom. The van der Waals surface area contributed by atoms with Gasteiger partial charge in [-0.05, 0) is 37.4 Å². The molecule has 0 radical (unpaired) electrons. The van der Waals surface area contributed by atoms with E-state index in [9.17, 15) is 0 Å². The standard InChI is InChI=1S/C20H33N3O/c1-17(2)15-21-10-6-7-18(16-21)22-11-13-23(14-12-22)19-8-4-5-9-20(19)24-3/h4-5,8-9,17-18H,6-7,10-16H2,1-3H3/t18-/m1/s1. The average molecular weight is 332 g/mol. The van der Waals surface area contributed by atoms with Crippen molar-refractivity contribution >= 4 is 5.69 Å². The Labute approximate surface area is 147 Å². The van der Waals surface area contributed by atoms with E-state index < -0.39 is 0 Å². The third-order valence-corrected chi connectivity index (χ3v) is 5.36. The van der Waals surface area contributed by atoms with Gasteiger partial charge in [-0.25, -0.2) is 0 Å². The van der Waals surface area contributed by atoms with Gasteiger partial charge in [0, 0.05) is 45.3 Å². The number of hydrogen-bond acceptors (Lipinski definition) is 4. The van der Waals surface area contributed by atoms with Crippen molar-refractivity contribution in [3.05, 3.63) is 24.3 Å². The number of hydrogen-bond donors (Lipinski definition) is 0. The monoisotopic (exact) mass is 331 g/mol. The highest BCUT2D eigenvalue weighted by molar-refractivity contribution is 5.58. The molecule has 4 nitrogen and oxygen atoms in total. The third kappa shape index (κ3) is 4.22. The molecule has 134 valence electrons. The van der Waals surface area contributed by atoms with E-state index in [1.165, 1.54) is 38.2 Å². The zero-order chi connectivity index (χ0) is 16.9. The quantitative estimate of drug-likeness (QED) is 0.826. The normalized spacial score (nSPS) is 23.7. The highest BCUT2D eigenvalue weighted by atomic mass is 16.5. The van der Waals surface area contributed by atoms with Crippen LogP contribution < -0.4 is 9.64 Å². The Kier molecular flexibility index (Phi) is 6.01. The molecule has 24 heavy (non-hydrogen) atoms. The summed E-state index contributed by atoms with van der Waals surface area (Å²) < 4.78 is 5.53. The predicted octanol–water partition coefficient (Wildman–Crippen LogP) is 2.94. The maximum Gasteiger partial charge on any atom is 0.142 e. The van der Waals surface area contributed by atoms with E-state index in [0.29, 0.717) is 0 Å². The Hall–Kier alpha value is -1.26. The van der Waals surface area contributed by atoms with Gasteiger partial charge in [-0.15, -0.1) is 0 Å². The molecule has 0 aromatic heterocycles. The Bertz CT molecular complexity index is 511. The molecule has 3 rings (SSSR count). The Morgan fingerprint density at radius 2 is 1.83 bits per heavy atom. The highest BCUT2D eigenvalue weighted by Gasteiger charge is 2.28. The second kappa shape index (κ2) is 8.21. The van der Waals surface area contributed by atoms with Crippen LogP contribution >= 0.6 is 0 Å². The van der Waals surface area contributed by atoms with E-state index in [2.05, 4.69) is 46.7 Å². The van der Waals surface area contributed by atoms with Crippen molar-refractivity contribution in [3.8, 4) is 5.75 Å². The maximum atomic E-state index is 5.53. The lowest BCUT2D eigenvalue weighted by Gasteiger charge is -2.44. The topological polar surface area (TPSA) is 19.0 Å². The summed E-state index contributed by atoms with van der Waals surface area (Å²) in [4.78, 5) is 7.87. The van der Waals surface area contributed by atoms with Crippen molar-refractivity contribution in [2.45, 2.75) is 32.7 Å². The smallest absolute Gasteiger partial charge is 0.142 e. The summed E-state index contributed by atoms with van der Waals surface area (Å²) in [5.41, 5.74) is 1.24. The number of ether oxygens (including phenoxy) is 1. The summed E-state index contributed by atoms with van der Waals surface area (Å²) in [6, 6.07) is 9.14. The van der Waals surface area contributed by atoms with Crippen LogP contribution in [0.4, 0.5) is 5.69 Å². The van der Waals surface area contributed by atoms with Crippen molar-refractivity contribution < 1.29 is 4.74 Å². The lowest BCUT2D eigenvalue weighted by Crippen LogP contribution is -2.55.